The molecule has 1 heterocycles. The molecule has 0 spiro atoms. The number of hydrogen-bond acceptors (Lipinski definition) is 4. The van der Waals surface area contributed by atoms with Crippen molar-refractivity contribution in [3.8, 4) is 0 Å². The van der Waals surface area contributed by atoms with Crippen LogP contribution in [0.4, 0.5) is 11.4 Å². The third-order valence-electron chi connectivity index (χ3n) is 4.31. The van der Waals surface area contributed by atoms with Crippen molar-refractivity contribution in [2.24, 2.45) is 0 Å². The van der Waals surface area contributed by atoms with Gasteiger partial charge in [-0.25, -0.2) is 0 Å². The maximum atomic E-state index is 12.8. The highest BCUT2D eigenvalue weighted by Gasteiger charge is 2.23. The maximum Gasteiger partial charge on any atom is 0.253 e. The number of benzene rings is 2. The molecule has 0 saturated carbocycles. The Morgan fingerprint density at radius 3 is 2.42 bits per heavy atom. The molecule has 1 saturated heterocycles. The molecule has 1 aliphatic heterocycles. The van der Waals surface area contributed by atoms with Crippen LogP contribution in [0.15, 0.2) is 54.6 Å². The number of carbonyl (C=O) groups is 2. The third-order valence-corrected chi connectivity index (χ3v) is 4.31. The first kappa shape index (κ1) is 18.1. The van der Waals surface area contributed by atoms with E-state index < -0.39 is 0 Å². The Morgan fingerprint density at radius 2 is 1.81 bits per heavy atom. The average Bonchev–Trinajstić information content (AvgIpc) is 2.64. The van der Waals surface area contributed by atoms with Crippen LogP contribution in [0.1, 0.15) is 11.6 Å². The van der Waals surface area contributed by atoms with Crippen LogP contribution < -0.4 is 10.2 Å². The quantitative estimate of drug-likeness (QED) is 0.896. The van der Waals surface area contributed by atoms with E-state index in [4.69, 9.17) is 4.74 Å². The van der Waals surface area contributed by atoms with Gasteiger partial charge in [-0.3, -0.25) is 14.5 Å². The summed E-state index contributed by atoms with van der Waals surface area (Å²) < 4.78 is 5.15. The molecular weight excluding hydrogens is 330 g/mol. The monoisotopic (exact) mass is 353 g/mol. The molecule has 6 nitrogen and oxygen atoms in total. The van der Waals surface area contributed by atoms with Crippen molar-refractivity contribution in [2.75, 3.05) is 44.1 Å². The highest BCUT2D eigenvalue weighted by molar-refractivity contribution is 5.97. The van der Waals surface area contributed by atoms with E-state index in [1.54, 1.807) is 4.90 Å². The summed E-state index contributed by atoms with van der Waals surface area (Å²) in [5.41, 5.74) is 2.44. The number of anilines is 2. The Balaban J connectivity index is 1.71. The second kappa shape index (κ2) is 8.12. The molecule has 0 radical (unpaired) electrons. The number of rotatable bonds is 5. The SMILES string of the molecule is CN(C)C(C(=O)Nc1ccc(N2CCOCC2=O)cc1)c1ccccc1. The zero-order valence-electron chi connectivity index (χ0n) is 15.0. The van der Waals surface area contributed by atoms with E-state index in [0.29, 0.717) is 18.8 Å². The van der Waals surface area contributed by atoms with Crippen LogP contribution in [-0.4, -0.2) is 50.6 Å². The first-order valence-electron chi connectivity index (χ1n) is 8.56. The van der Waals surface area contributed by atoms with Crippen molar-refractivity contribution in [2.45, 2.75) is 6.04 Å². The lowest BCUT2D eigenvalue weighted by Gasteiger charge is -2.27. The van der Waals surface area contributed by atoms with Crippen LogP contribution in [0.5, 0.6) is 0 Å². The van der Waals surface area contributed by atoms with E-state index in [-0.39, 0.29) is 24.5 Å². The fourth-order valence-corrected chi connectivity index (χ4v) is 3.05. The molecule has 6 heteroatoms. The Hall–Kier alpha value is -2.70. The van der Waals surface area contributed by atoms with Gasteiger partial charge in [0.05, 0.1) is 6.61 Å². The minimum Gasteiger partial charge on any atom is -0.370 e. The lowest BCUT2D eigenvalue weighted by molar-refractivity contribution is -0.125. The Morgan fingerprint density at radius 1 is 1.12 bits per heavy atom. The van der Waals surface area contributed by atoms with Gasteiger partial charge < -0.3 is 15.0 Å². The van der Waals surface area contributed by atoms with Gasteiger partial charge in [0.2, 0.25) is 5.91 Å². The molecule has 1 fully saturated rings. The summed E-state index contributed by atoms with van der Waals surface area (Å²) in [6.45, 7) is 1.19. The Labute approximate surface area is 153 Å². The summed E-state index contributed by atoms with van der Waals surface area (Å²) in [5, 5.41) is 2.95. The Kier molecular flexibility index (Phi) is 5.65. The normalized spacial score (nSPS) is 15.8. The van der Waals surface area contributed by atoms with Gasteiger partial charge in [-0.05, 0) is 43.9 Å². The summed E-state index contributed by atoms with van der Waals surface area (Å²) in [7, 11) is 3.76. The molecule has 2 amide bonds. The zero-order chi connectivity index (χ0) is 18.5. The summed E-state index contributed by atoms with van der Waals surface area (Å²) >= 11 is 0. The van der Waals surface area contributed by atoms with Crippen molar-refractivity contribution in [1.29, 1.82) is 0 Å². The molecule has 2 aromatic rings. The van der Waals surface area contributed by atoms with Crippen molar-refractivity contribution < 1.29 is 14.3 Å². The van der Waals surface area contributed by atoms with E-state index >= 15 is 0 Å². The number of likely N-dealkylation sites (N-methyl/N-ethyl adjacent to an activating group) is 1. The van der Waals surface area contributed by atoms with E-state index in [2.05, 4.69) is 5.32 Å². The molecule has 136 valence electrons. The first-order valence-corrected chi connectivity index (χ1v) is 8.56. The predicted molar refractivity (Wildman–Crippen MR) is 101 cm³/mol. The number of nitrogens with one attached hydrogen (secondary N) is 1. The van der Waals surface area contributed by atoms with Crippen LogP contribution in [0.2, 0.25) is 0 Å². The van der Waals surface area contributed by atoms with Crippen LogP contribution in [-0.2, 0) is 14.3 Å². The molecule has 2 aromatic carbocycles. The maximum absolute atomic E-state index is 12.8. The molecule has 0 aliphatic carbocycles. The number of hydrogen-bond donors (Lipinski definition) is 1. The molecule has 1 atom stereocenters. The summed E-state index contributed by atoms with van der Waals surface area (Å²) in [6.07, 6.45) is 0. The fraction of sp³-hybridized carbons (Fsp3) is 0.300. The summed E-state index contributed by atoms with van der Waals surface area (Å²) in [5.74, 6) is -0.152. The van der Waals surface area contributed by atoms with Crippen LogP contribution in [0.3, 0.4) is 0 Å². The van der Waals surface area contributed by atoms with Crippen LogP contribution in [0.25, 0.3) is 0 Å². The average molecular weight is 353 g/mol. The van der Waals surface area contributed by atoms with Gasteiger partial charge in [0.25, 0.3) is 5.91 Å². The van der Waals surface area contributed by atoms with E-state index in [0.717, 1.165) is 11.3 Å². The second-order valence-corrected chi connectivity index (χ2v) is 6.41. The highest BCUT2D eigenvalue weighted by Crippen LogP contribution is 2.23. The lowest BCUT2D eigenvalue weighted by atomic mass is 10.1. The number of nitrogens with zero attached hydrogens (tertiary/aromatic N) is 2. The predicted octanol–water partition coefficient (Wildman–Crippen LogP) is 2.29. The van der Waals surface area contributed by atoms with Gasteiger partial charge in [-0.1, -0.05) is 30.3 Å². The standard InChI is InChI=1S/C20H23N3O3/c1-22(2)19(15-6-4-3-5-7-15)20(25)21-16-8-10-17(11-9-16)23-12-13-26-14-18(23)24/h3-11,19H,12-14H2,1-2H3,(H,21,25). The van der Waals surface area contributed by atoms with Crippen molar-refractivity contribution >= 4 is 23.2 Å². The second-order valence-electron chi connectivity index (χ2n) is 6.41. The van der Waals surface area contributed by atoms with Crippen LogP contribution >= 0.6 is 0 Å². The van der Waals surface area contributed by atoms with Gasteiger partial charge in [-0.15, -0.1) is 0 Å². The summed E-state index contributed by atoms with van der Waals surface area (Å²) in [4.78, 5) is 28.2. The molecule has 1 N–H and O–H groups in total. The van der Waals surface area contributed by atoms with E-state index in [1.807, 2.05) is 73.6 Å². The lowest BCUT2D eigenvalue weighted by Crippen LogP contribution is -2.41. The molecule has 1 unspecified atom stereocenters. The topological polar surface area (TPSA) is 61.9 Å². The largest absolute Gasteiger partial charge is 0.370 e. The summed E-state index contributed by atoms with van der Waals surface area (Å²) in [6, 6.07) is 16.6. The minimum atomic E-state index is -0.378. The molecule has 3 rings (SSSR count). The molecule has 0 aromatic heterocycles. The van der Waals surface area contributed by atoms with Crippen molar-refractivity contribution in [1.82, 2.24) is 4.90 Å². The minimum absolute atomic E-state index is 0.0511. The number of amides is 2. The van der Waals surface area contributed by atoms with E-state index in [1.165, 1.54) is 0 Å². The van der Waals surface area contributed by atoms with Gasteiger partial charge in [0, 0.05) is 17.9 Å². The van der Waals surface area contributed by atoms with Gasteiger partial charge in [0.15, 0.2) is 0 Å². The fourth-order valence-electron chi connectivity index (χ4n) is 3.05. The molecule has 0 bridgehead atoms. The molecule has 26 heavy (non-hydrogen) atoms. The van der Waals surface area contributed by atoms with Crippen molar-refractivity contribution in [3.63, 3.8) is 0 Å². The molecular formula is C20H23N3O3. The Bertz CT molecular complexity index is 760. The zero-order valence-corrected chi connectivity index (χ0v) is 15.0. The smallest absolute Gasteiger partial charge is 0.253 e. The van der Waals surface area contributed by atoms with Gasteiger partial charge in [0.1, 0.15) is 12.6 Å². The number of ether oxygens (including phenoxy) is 1. The van der Waals surface area contributed by atoms with Crippen LogP contribution in [0, 0.1) is 0 Å². The van der Waals surface area contributed by atoms with Gasteiger partial charge in [-0.2, -0.15) is 0 Å². The first-order chi connectivity index (χ1) is 12.6. The molecule has 1 aliphatic rings. The highest BCUT2D eigenvalue weighted by atomic mass is 16.5. The number of carbonyl (C=O) groups excluding carboxylic acids is 2. The number of morpholine rings is 1. The van der Waals surface area contributed by atoms with Crippen molar-refractivity contribution in [3.05, 3.63) is 60.2 Å². The van der Waals surface area contributed by atoms with Gasteiger partial charge >= 0.3 is 0 Å². The van der Waals surface area contributed by atoms with E-state index in [9.17, 15) is 9.59 Å². The third kappa shape index (κ3) is 4.09.